The maximum Gasteiger partial charge on any atom is 0.237 e. The molecule has 1 amide bonds. The maximum absolute atomic E-state index is 12.4. The third kappa shape index (κ3) is 3.70. The zero-order chi connectivity index (χ0) is 13.1. The molecule has 3 heterocycles. The number of fused-ring (bicyclic) bond motifs is 1. The number of carbonyl (C=O) groups excluding carboxylic acids is 1. The standard InChI is InChI=1S/C14H20N2OS2.ClH/c17-14(16-9-10-2-1-5-15-8-10)13-11-3-6-18-12(11)4-7-19-13;/h3,6,10,13,15H,1-2,4-5,7-9H2,(H,16,17);1H. The van der Waals surface area contributed by atoms with Crippen molar-refractivity contribution in [2.45, 2.75) is 24.5 Å². The molecule has 1 aromatic heterocycles. The largest absolute Gasteiger partial charge is 0.355 e. The minimum atomic E-state index is 0. The third-order valence-electron chi connectivity index (χ3n) is 3.88. The highest BCUT2D eigenvalue weighted by atomic mass is 35.5. The van der Waals surface area contributed by atoms with Gasteiger partial charge in [-0.15, -0.1) is 35.5 Å². The van der Waals surface area contributed by atoms with Gasteiger partial charge in [-0.05, 0) is 61.0 Å². The van der Waals surface area contributed by atoms with E-state index >= 15 is 0 Å². The van der Waals surface area contributed by atoms with Crippen molar-refractivity contribution in [1.82, 2.24) is 10.6 Å². The van der Waals surface area contributed by atoms with Gasteiger partial charge in [0.15, 0.2) is 0 Å². The minimum absolute atomic E-state index is 0. The molecule has 0 radical (unpaired) electrons. The Balaban J connectivity index is 0.00000147. The van der Waals surface area contributed by atoms with E-state index in [9.17, 15) is 4.79 Å². The first kappa shape index (κ1) is 16.1. The summed E-state index contributed by atoms with van der Waals surface area (Å²) in [5.74, 6) is 1.87. The van der Waals surface area contributed by atoms with Gasteiger partial charge in [-0.3, -0.25) is 4.79 Å². The second kappa shape index (κ2) is 7.69. The molecule has 2 atom stereocenters. The summed E-state index contributed by atoms with van der Waals surface area (Å²) in [5.41, 5.74) is 1.25. The third-order valence-corrected chi connectivity index (χ3v) is 6.12. The Hall–Kier alpha value is -0.230. The molecule has 1 saturated heterocycles. The van der Waals surface area contributed by atoms with Crippen molar-refractivity contribution in [3.05, 3.63) is 21.9 Å². The molecule has 2 unspecified atom stereocenters. The van der Waals surface area contributed by atoms with Crippen LogP contribution in [0, 0.1) is 5.92 Å². The summed E-state index contributed by atoms with van der Waals surface area (Å²) in [6, 6.07) is 2.12. The van der Waals surface area contributed by atoms with Gasteiger partial charge in [0.1, 0.15) is 5.25 Å². The predicted molar refractivity (Wildman–Crippen MR) is 89.1 cm³/mol. The average Bonchev–Trinajstić information content (AvgIpc) is 2.94. The molecular formula is C14H21ClN2OS2. The highest BCUT2D eigenvalue weighted by Gasteiger charge is 2.28. The number of nitrogens with one attached hydrogen (secondary N) is 2. The van der Waals surface area contributed by atoms with Crippen LogP contribution in [0.4, 0.5) is 0 Å². The fourth-order valence-corrected chi connectivity index (χ4v) is 5.12. The van der Waals surface area contributed by atoms with Crippen molar-refractivity contribution >= 4 is 41.4 Å². The number of thiophene rings is 1. The van der Waals surface area contributed by atoms with Gasteiger partial charge >= 0.3 is 0 Å². The van der Waals surface area contributed by atoms with E-state index in [1.54, 1.807) is 23.1 Å². The highest BCUT2D eigenvalue weighted by Crippen LogP contribution is 2.39. The van der Waals surface area contributed by atoms with Gasteiger partial charge < -0.3 is 10.6 Å². The number of piperidine rings is 1. The number of hydrogen-bond acceptors (Lipinski definition) is 4. The molecule has 1 fully saturated rings. The van der Waals surface area contributed by atoms with E-state index in [2.05, 4.69) is 22.1 Å². The summed E-state index contributed by atoms with van der Waals surface area (Å²) >= 11 is 3.57. The van der Waals surface area contributed by atoms with E-state index in [0.717, 1.165) is 31.8 Å². The lowest BCUT2D eigenvalue weighted by Gasteiger charge is -2.25. The summed E-state index contributed by atoms with van der Waals surface area (Å²) in [7, 11) is 0. The van der Waals surface area contributed by atoms with E-state index in [-0.39, 0.29) is 23.6 Å². The summed E-state index contributed by atoms with van der Waals surface area (Å²) < 4.78 is 0. The zero-order valence-electron chi connectivity index (χ0n) is 11.4. The lowest BCUT2D eigenvalue weighted by molar-refractivity contribution is -0.120. The van der Waals surface area contributed by atoms with E-state index < -0.39 is 0 Å². The van der Waals surface area contributed by atoms with Crippen LogP contribution in [0.5, 0.6) is 0 Å². The number of rotatable bonds is 3. The second-order valence-electron chi connectivity index (χ2n) is 5.26. The van der Waals surface area contributed by atoms with Gasteiger partial charge in [0.2, 0.25) is 5.91 Å². The van der Waals surface area contributed by atoms with Crippen molar-refractivity contribution in [2.75, 3.05) is 25.4 Å². The van der Waals surface area contributed by atoms with Crippen LogP contribution in [0.25, 0.3) is 0 Å². The van der Waals surface area contributed by atoms with Crippen molar-refractivity contribution < 1.29 is 4.79 Å². The summed E-state index contributed by atoms with van der Waals surface area (Å²) in [6.45, 7) is 2.99. The summed E-state index contributed by atoms with van der Waals surface area (Å²) in [5, 5.41) is 8.69. The van der Waals surface area contributed by atoms with E-state index in [0.29, 0.717) is 5.92 Å². The molecule has 3 rings (SSSR count). The van der Waals surface area contributed by atoms with E-state index in [4.69, 9.17) is 0 Å². The summed E-state index contributed by atoms with van der Waals surface area (Å²) in [4.78, 5) is 13.8. The van der Waals surface area contributed by atoms with Gasteiger partial charge in [0.25, 0.3) is 0 Å². The Morgan fingerprint density at radius 2 is 2.40 bits per heavy atom. The maximum atomic E-state index is 12.4. The molecule has 6 heteroatoms. The van der Waals surface area contributed by atoms with Crippen LogP contribution in [-0.4, -0.2) is 31.3 Å². The quantitative estimate of drug-likeness (QED) is 0.894. The van der Waals surface area contributed by atoms with Crippen LogP contribution in [0.3, 0.4) is 0 Å². The van der Waals surface area contributed by atoms with E-state index in [1.165, 1.54) is 23.3 Å². The lowest BCUT2D eigenvalue weighted by Crippen LogP contribution is -2.39. The molecule has 2 aliphatic rings. The van der Waals surface area contributed by atoms with Crippen LogP contribution in [0.15, 0.2) is 11.4 Å². The van der Waals surface area contributed by atoms with Crippen LogP contribution in [0.2, 0.25) is 0 Å². The number of thioether (sulfide) groups is 1. The lowest BCUT2D eigenvalue weighted by atomic mass is 9.99. The van der Waals surface area contributed by atoms with Crippen molar-refractivity contribution in [3.63, 3.8) is 0 Å². The molecule has 0 saturated carbocycles. The molecule has 2 aliphatic heterocycles. The molecule has 0 spiro atoms. The topological polar surface area (TPSA) is 41.1 Å². The molecule has 0 bridgehead atoms. The molecule has 0 aromatic carbocycles. The first-order valence-corrected chi connectivity index (χ1v) is 8.94. The molecule has 112 valence electrons. The fourth-order valence-electron chi connectivity index (χ4n) is 2.80. The van der Waals surface area contributed by atoms with Gasteiger partial charge in [-0.2, -0.15) is 0 Å². The van der Waals surface area contributed by atoms with Crippen LogP contribution < -0.4 is 10.6 Å². The molecule has 3 nitrogen and oxygen atoms in total. The first-order chi connectivity index (χ1) is 9.34. The number of carbonyl (C=O) groups is 1. The zero-order valence-corrected chi connectivity index (χ0v) is 13.8. The monoisotopic (exact) mass is 332 g/mol. The smallest absolute Gasteiger partial charge is 0.237 e. The molecule has 2 N–H and O–H groups in total. The average molecular weight is 333 g/mol. The molecule has 1 aromatic rings. The van der Waals surface area contributed by atoms with E-state index in [1.807, 2.05) is 0 Å². The van der Waals surface area contributed by atoms with Crippen molar-refractivity contribution in [1.29, 1.82) is 0 Å². The Morgan fingerprint density at radius 1 is 1.50 bits per heavy atom. The minimum Gasteiger partial charge on any atom is -0.355 e. The van der Waals surface area contributed by atoms with Crippen LogP contribution in [0.1, 0.15) is 28.5 Å². The Kier molecular flexibility index (Phi) is 6.20. The number of amides is 1. The first-order valence-electron chi connectivity index (χ1n) is 7.01. The van der Waals surface area contributed by atoms with Crippen molar-refractivity contribution in [2.24, 2.45) is 5.92 Å². The molecule has 0 aliphatic carbocycles. The Morgan fingerprint density at radius 3 is 3.20 bits per heavy atom. The van der Waals surface area contributed by atoms with Gasteiger partial charge in [0.05, 0.1) is 0 Å². The Bertz CT molecular complexity index is 446. The van der Waals surface area contributed by atoms with Crippen LogP contribution >= 0.6 is 35.5 Å². The number of hydrogen-bond donors (Lipinski definition) is 2. The SMILES string of the molecule is Cl.O=C(NCC1CCCNC1)C1SCCc2sccc21. The number of aryl methyl sites for hydroxylation is 1. The normalized spacial score (nSPS) is 25.4. The molecule has 20 heavy (non-hydrogen) atoms. The van der Waals surface area contributed by atoms with Gasteiger partial charge in [-0.1, -0.05) is 0 Å². The van der Waals surface area contributed by atoms with Crippen molar-refractivity contribution in [3.8, 4) is 0 Å². The second-order valence-corrected chi connectivity index (χ2v) is 7.47. The van der Waals surface area contributed by atoms with Crippen LogP contribution in [-0.2, 0) is 11.2 Å². The van der Waals surface area contributed by atoms with Gasteiger partial charge in [-0.25, -0.2) is 0 Å². The fraction of sp³-hybridized carbons (Fsp3) is 0.643. The Labute approximate surface area is 134 Å². The van der Waals surface area contributed by atoms with Gasteiger partial charge in [0, 0.05) is 11.4 Å². The highest BCUT2D eigenvalue weighted by molar-refractivity contribution is 8.00. The molecular weight excluding hydrogens is 312 g/mol. The summed E-state index contributed by atoms with van der Waals surface area (Å²) in [6.07, 6.45) is 3.58. The number of halogens is 1. The predicted octanol–water partition coefficient (Wildman–Crippen LogP) is 2.62.